The summed E-state index contributed by atoms with van der Waals surface area (Å²) in [6.45, 7) is 0.229. The van der Waals surface area contributed by atoms with Gasteiger partial charge in [0.15, 0.2) is 0 Å². The van der Waals surface area contributed by atoms with E-state index in [1.165, 1.54) is 6.07 Å². The van der Waals surface area contributed by atoms with E-state index in [-0.39, 0.29) is 5.69 Å². The van der Waals surface area contributed by atoms with Gasteiger partial charge in [0, 0.05) is 12.6 Å². The minimum absolute atomic E-state index is 0.165. The third kappa shape index (κ3) is 4.56. The lowest BCUT2D eigenvalue weighted by atomic mass is 10.2. The highest BCUT2D eigenvalue weighted by molar-refractivity contribution is 6.01. The molecule has 0 aliphatic heterocycles. The van der Waals surface area contributed by atoms with E-state index in [1.807, 2.05) is 0 Å². The van der Waals surface area contributed by atoms with E-state index in [0.29, 0.717) is 11.0 Å². The van der Waals surface area contributed by atoms with Crippen LogP contribution in [0.15, 0.2) is 42.5 Å². The molecule has 4 nitrogen and oxygen atoms in total. The first-order chi connectivity index (χ1) is 12.1. The first-order valence-corrected chi connectivity index (χ1v) is 7.29. The Hall–Kier alpha value is -2.97. The molecule has 0 aliphatic carbocycles. The molecule has 0 heterocycles. The van der Waals surface area contributed by atoms with Gasteiger partial charge in [-0.1, -0.05) is 12.1 Å². The summed E-state index contributed by atoms with van der Waals surface area (Å²) in [6.07, 6.45) is -4.59. The molecule has 0 unspecified atom stereocenters. The summed E-state index contributed by atoms with van der Waals surface area (Å²) in [5.74, 6) is -3.82. The van der Waals surface area contributed by atoms with Crippen molar-refractivity contribution in [1.82, 2.24) is 0 Å². The van der Waals surface area contributed by atoms with E-state index in [2.05, 4.69) is 5.32 Å². The minimum Gasteiger partial charge on any atom is -0.325 e. The van der Waals surface area contributed by atoms with Gasteiger partial charge >= 0.3 is 6.18 Å². The van der Waals surface area contributed by atoms with Crippen LogP contribution in [0.3, 0.4) is 0 Å². The number of benzene rings is 2. The topological polar surface area (TPSA) is 49.4 Å². The van der Waals surface area contributed by atoms with E-state index < -0.39 is 47.4 Å². The minimum atomic E-state index is -4.59. The number of alkyl halides is 3. The molecule has 2 rings (SSSR count). The molecule has 26 heavy (non-hydrogen) atoms. The van der Waals surface area contributed by atoms with Crippen molar-refractivity contribution in [2.45, 2.75) is 13.1 Å². The molecule has 0 atom stereocenters. The van der Waals surface area contributed by atoms with Crippen LogP contribution in [-0.2, 0) is 15.8 Å². The van der Waals surface area contributed by atoms with Crippen molar-refractivity contribution < 1.29 is 31.5 Å². The predicted octanol–water partition coefficient (Wildman–Crippen LogP) is 3.98. The van der Waals surface area contributed by atoms with Gasteiger partial charge in [-0.2, -0.15) is 13.2 Å². The Morgan fingerprint density at radius 2 is 1.62 bits per heavy atom. The normalized spacial score (nSPS) is 11.2. The molecule has 2 amide bonds. The van der Waals surface area contributed by atoms with Gasteiger partial charge in [-0.05, 0) is 30.3 Å². The van der Waals surface area contributed by atoms with Gasteiger partial charge in [0.2, 0.25) is 11.8 Å². The van der Waals surface area contributed by atoms with Gasteiger partial charge in [0.1, 0.15) is 23.9 Å². The van der Waals surface area contributed by atoms with Crippen LogP contribution >= 0.6 is 0 Å². The van der Waals surface area contributed by atoms with Gasteiger partial charge in [-0.15, -0.1) is 0 Å². The van der Waals surface area contributed by atoms with Crippen LogP contribution in [0.25, 0.3) is 0 Å². The Morgan fingerprint density at radius 3 is 2.15 bits per heavy atom. The third-order valence-corrected chi connectivity index (χ3v) is 3.36. The average molecular weight is 372 g/mol. The molecule has 0 radical (unpaired) electrons. The zero-order valence-corrected chi connectivity index (χ0v) is 13.4. The largest absolute Gasteiger partial charge is 0.416 e. The molecule has 0 fully saturated rings. The summed E-state index contributed by atoms with van der Waals surface area (Å²) < 4.78 is 65.7. The maximum Gasteiger partial charge on any atom is 0.416 e. The number of hydrogen-bond acceptors (Lipinski definition) is 2. The lowest BCUT2D eigenvalue weighted by Crippen LogP contribution is -2.37. The van der Waals surface area contributed by atoms with Crippen molar-refractivity contribution in [3.05, 3.63) is 59.7 Å². The summed E-state index contributed by atoms with van der Waals surface area (Å²) in [4.78, 5) is 24.3. The number of rotatable bonds is 4. The molecule has 0 aliphatic rings. The smallest absolute Gasteiger partial charge is 0.325 e. The first-order valence-electron chi connectivity index (χ1n) is 7.29. The summed E-state index contributed by atoms with van der Waals surface area (Å²) >= 11 is 0. The molecule has 2 aromatic rings. The quantitative estimate of drug-likeness (QED) is 0.826. The number of hydrogen-bond donors (Lipinski definition) is 1. The highest BCUT2D eigenvalue weighted by Crippen LogP contribution is 2.30. The molecule has 0 saturated carbocycles. The second kappa shape index (κ2) is 7.51. The molecule has 0 saturated heterocycles. The number of amides is 2. The Balaban J connectivity index is 2.21. The van der Waals surface area contributed by atoms with Gasteiger partial charge in [0.05, 0.1) is 5.56 Å². The van der Waals surface area contributed by atoms with Gasteiger partial charge < -0.3 is 5.32 Å². The van der Waals surface area contributed by atoms with Crippen LogP contribution in [0, 0.1) is 11.6 Å². The Bertz CT molecular complexity index is 816. The molecule has 9 heteroatoms. The molecule has 2 aromatic carbocycles. The SMILES string of the molecule is CC(=O)N(CC(=O)Nc1cccc(C(F)(F)F)c1)c1c(F)cccc1F. The molecule has 138 valence electrons. The summed E-state index contributed by atoms with van der Waals surface area (Å²) in [7, 11) is 0. The van der Waals surface area contributed by atoms with Crippen molar-refractivity contribution in [2.75, 3.05) is 16.8 Å². The lowest BCUT2D eigenvalue weighted by Gasteiger charge is -2.21. The van der Waals surface area contributed by atoms with Crippen LogP contribution in [0.4, 0.5) is 33.3 Å². The number of nitrogens with zero attached hydrogens (tertiary/aromatic N) is 1. The number of carbonyl (C=O) groups excluding carboxylic acids is 2. The van der Waals surface area contributed by atoms with Crippen molar-refractivity contribution in [2.24, 2.45) is 0 Å². The van der Waals surface area contributed by atoms with Crippen molar-refractivity contribution >= 4 is 23.2 Å². The van der Waals surface area contributed by atoms with Crippen molar-refractivity contribution in [3.8, 4) is 0 Å². The Morgan fingerprint density at radius 1 is 1.04 bits per heavy atom. The number of anilines is 2. The number of carbonyl (C=O) groups is 2. The fraction of sp³-hybridized carbons (Fsp3) is 0.176. The number of nitrogens with one attached hydrogen (secondary N) is 1. The summed E-state index contributed by atoms with van der Waals surface area (Å²) in [5.41, 5.74) is -1.85. The zero-order chi connectivity index (χ0) is 19.5. The third-order valence-electron chi connectivity index (χ3n) is 3.36. The summed E-state index contributed by atoms with van der Waals surface area (Å²) in [6, 6.07) is 6.77. The second-order valence-electron chi connectivity index (χ2n) is 5.30. The molecule has 1 N–H and O–H groups in total. The maximum atomic E-state index is 13.8. The predicted molar refractivity (Wildman–Crippen MR) is 84.5 cm³/mol. The van der Waals surface area contributed by atoms with E-state index >= 15 is 0 Å². The highest BCUT2D eigenvalue weighted by atomic mass is 19.4. The average Bonchev–Trinajstić information content (AvgIpc) is 2.53. The van der Waals surface area contributed by atoms with E-state index in [1.54, 1.807) is 0 Å². The summed E-state index contributed by atoms with van der Waals surface area (Å²) in [5, 5.41) is 2.17. The zero-order valence-electron chi connectivity index (χ0n) is 13.4. The van der Waals surface area contributed by atoms with Gasteiger partial charge in [-0.3, -0.25) is 14.5 Å². The molecule has 0 bridgehead atoms. The van der Waals surface area contributed by atoms with Crippen LogP contribution in [0.1, 0.15) is 12.5 Å². The van der Waals surface area contributed by atoms with Crippen LogP contribution < -0.4 is 10.2 Å². The Labute approximate surface area is 145 Å². The van der Waals surface area contributed by atoms with Crippen LogP contribution in [0.2, 0.25) is 0 Å². The fourth-order valence-corrected chi connectivity index (χ4v) is 2.21. The molecular weight excluding hydrogens is 359 g/mol. The molecular formula is C17H13F5N2O2. The monoisotopic (exact) mass is 372 g/mol. The van der Waals surface area contributed by atoms with Crippen LogP contribution in [0.5, 0.6) is 0 Å². The van der Waals surface area contributed by atoms with Crippen molar-refractivity contribution in [3.63, 3.8) is 0 Å². The second-order valence-corrected chi connectivity index (χ2v) is 5.30. The first kappa shape index (κ1) is 19.4. The molecule has 0 spiro atoms. The van der Waals surface area contributed by atoms with E-state index in [0.717, 1.165) is 37.3 Å². The number of halogens is 5. The van der Waals surface area contributed by atoms with E-state index in [9.17, 15) is 31.5 Å². The van der Waals surface area contributed by atoms with E-state index in [4.69, 9.17) is 0 Å². The standard InChI is InChI=1S/C17H13F5N2O2/c1-10(25)24(16-13(18)6-3-7-14(16)19)9-15(26)23-12-5-2-4-11(8-12)17(20,21)22/h2-8H,9H2,1H3,(H,23,26). The number of para-hydroxylation sites is 1. The van der Waals surface area contributed by atoms with Crippen LogP contribution in [-0.4, -0.2) is 18.4 Å². The molecule has 0 aromatic heterocycles. The highest BCUT2D eigenvalue weighted by Gasteiger charge is 2.30. The van der Waals surface area contributed by atoms with Gasteiger partial charge in [0.25, 0.3) is 0 Å². The maximum absolute atomic E-state index is 13.8. The van der Waals surface area contributed by atoms with Gasteiger partial charge in [-0.25, -0.2) is 8.78 Å². The lowest BCUT2D eigenvalue weighted by molar-refractivity contribution is -0.137. The Kier molecular flexibility index (Phi) is 5.59. The van der Waals surface area contributed by atoms with Crippen molar-refractivity contribution in [1.29, 1.82) is 0 Å². The fourth-order valence-electron chi connectivity index (χ4n) is 2.21.